The number of aromatic nitrogens is 1. The van der Waals surface area contributed by atoms with Gasteiger partial charge in [-0.3, -0.25) is 5.32 Å². The number of urea groups is 1. The van der Waals surface area contributed by atoms with Gasteiger partial charge < -0.3 is 10.1 Å². The molecule has 0 aliphatic rings. The van der Waals surface area contributed by atoms with E-state index in [0.717, 1.165) is 0 Å². The van der Waals surface area contributed by atoms with E-state index in [1.54, 1.807) is 43.0 Å². The molecule has 3 aromatic rings. The van der Waals surface area contributed by atoms with Gasteiger partial charge in [-0.2, -0.15) is 0 Å². The fourth-order valence-corrected chi connectivity index (χ4v) is 4.34. The maximum Gasteiger partial charge on any atom is 0.325 e. The summed E-state index contributed by atoms with van der Waals surface area (Å²) in [5.74, 6) is 0.598. The average molecular weight is 385 g/mol. The van der Waals surface area contributed by atoms with Crippen molar-refractivity contribution in [2.75, 3.05) is 17.7 Å². The van der Waals surface area contributed by atoms with Gasteiger partial charge in [0.25, 0.3) is 0 Å². The van der Waals surface area contributed by atoms with Crippen LogP contribution in [0.2, 0.25) is 0 Å². The molecule has 0 aliphatic heterocycles. The van der Waals surface area contributed by atoms with E-state index < -0.39 is 16.5 Å². The van der Waals surface area contributed by atoms with E-state index >= 15 is 0 Å². The third-order valence-electron chi connectivity index (χ3n) is 3.38. The van der Waals surface area contributed by atoms with Crippen LogP contribution in [0.5, 0.6) is 5.75 Å². The monoisotopic (exact) mass is 385 g/mol. The minimum Gasteiger partial charge on any atom is -0.496 e. The zero-order valence-corrected chi connectivity index (χ0v) is 15.4. The third kappa shape index (κ3) is 4.00. The lowest BCUT2D eigenvalue weighted by molar-refractivity contribution is 0.262. The van der Waals surface area contributed by atoms with Crippen molar-refractivity contribution in [1.82, 2.24) is 4.98 Å². The Kier molecular flexibility index (Phi) is 5.80. The lowest BCUT2D eigenvalue weighted by Gasteiger charge is -2.14. The van der Waals surface area contributed by atoms with Gasteiger partial charge in [0.05, 0.1) is 17.7 Å². The Labute approximate surface area is 156 Å². The highest BCUT2D eigenvalue weighted by Gasteiger charge is 2.15. The van der Waals surface area contributed by atoms with Gasteiger partial charge in [-0.15, -0.1) is 11.3 Å². The number of methoxy groups -OCH3 is 1. The van der Waals surface area contributed by atoms with Gasteiger partial charge in [0.1, 0.15) is 5.75 Å². The number of ether oxygens (including phenoxy) is 1. The van der Waals surface area contributed by atoms with Crippen molar-refractivity contribution in [3.63, 3.8) is 0 Å². The summed E-state index contributed by atoms with van der Waals surface area (Å²) >= 11 is 1.32. The summed E-state index contributed by atoms with van der Waals surface area (Å²) < 4.78 is 5.36. The molecule has 0 spiro atoms. The van der Waals surface area contributed by atoms with Gasteiger partial charge in [0.15, 0.2) is 10.4 Å². The number of nitrogens with zero attached hydrogens (tertiary/aromatic N) is 1. The molecule has 0 fully saturated rings. The molecule has 3 rings (SSSR count). The number of anilines is 2. The SMILES string of the molecule is COc1ccccc1S(=C=O)c1ccccc1NC(=O)Nc1nccs1. The van der Waals surface area contributed by atoms with Crippen LogP contribution in [0.3, 0.4) is 0 Å². The Morgan fingerprint density at radius 3 is 2.54 bits per heavy atom. The van der Waals surface area contributed by atoms with Crippen molar-refractivity contribution in [3.05, 3.63) is 60.1 Å². The molecule has 1 unspecified atom stereocenters. The Morgan fingerprint density at radius 2 is 1.85 bits per heavy atom. The molecule has 1 aromatic heterocycles. The molecule has 0 bridgehead atoms. The van der Waals surface area contributed by atoms with E-state index in [0.29, 0.717) is 26.4 Å². The molecule has 2 N–H and O–H groups in total. The molecule has 1 atom stereocenters. The van der Waals surface area contributed by atoms with Gasteiger partial charge in [0.2, 0.25) is 0 Å². The third-order valence-corrected chi connectivity index (χ3v) is 5.81. The van der Waals surface area contributed by atoms with Crippen LogP contribution in [-0.2, 0) is 4.79 Å². The largest absolute Gasteiger partial charge is 0.496 e. The number of rotatable bonds is 5. The topological polar surface area (TPSA) is 80.3 Å². The van der Waals surface area contributed by atoms with E-state index in [9.17, 15) is 9.59 Å². The van der Waals surface area contributed by atoms with Crippen LogP contribution in [0.1, 0.15) is 0 Å². The highest BCUT2D eigenvalue weighted by Crippen LogP contribution is 2.43. The van der Waals surface area contributed by atoms with E-state index in [-0.39, 0.29) is 0 Å². The van der Waals surface area contributed by atoms with Gasteiger partial charge in [0, 0.05) is 16.5 Å². The molecule has 1 heterocycles. The lowest BCUT2D eigenvalue weighted by atomic mass is 10.3. The molecule has 0 radical (unpaired) electrons. The molecule has 2 aromatic carbocycles. The fraction of sp³-hybridized carbons (Fsp3) is 0.0556. The van der Waals surface area contributed by atoms with Crippen LogP contribution >= 0.6 is 21.8 Å². The summed E-state index contributed by atoms with van der Waals surface area (Å²) in [5, 5.41) is 9.77. The van der Waals surface area contributed by atoms with E-state index in [4.69, 9.17) is 4.74 Å². The van der Waals surface area contributed by atoms with Crippen LogP contribution in [0.15, 0.2) is 69.9 Å². The fourth-order valence-electron chi connectivity index (χ4n) is 2.28. The van der Waals surface area contributed by atoms with Crippen LogP contribution in [0.25, 0.3) is 0 Å². The molecule has 0 aliphatic carbocycles. The average Bonchev–Trinajstić information content (AvgIpc) is 3.17. The van der Waals surface area contributed by atoms with Crippen molar-refractivity contribution >= 4 is 43.9 Å². The summed E-state index contributed by atoms with van der Waals surface area (Å²) in [7, 11) is 0.530. The summed E-state index contributed by atoms with van der Waals surface area (Å²) in [6.07, 6.45) is 1.61. The summed E-state index contributed by atoms with van der Waals surface area (Å²) in [6, 6.07) is 14.0. The van der Waals surface area contributed by atoms with E-state index in [2.05, 4.69) is 20.9 Å². The van der Waals surface area contributed by atoms with Crippen molar-refractivity contribution in [3.8, 4) is 5.75 Å². The first kappa shape index (κ1) is 17.9. The minimum atomic E-state index is -1.02. The normalized spacial score (nSPS) is 11.3. The smallest absolute Gasteiger partial charge is 0.325 e. The van der Waals surface area contributed by atoms with Crippen molar-refractivity contribution in [1.29, 1.82) is 0 Å². The molecule has 6 nitrogen and oxygen atoms in total. The van der Waals surface area contributed by atoms with Gasteiger partial charge in [-0.25, -0.2) is 14.6 Å². The second-order valence-electron chi connectivity index (χ2n) is 4.95. The molecule has 8 heteroatoms. The van der Waals surface area contributed by atoms with Gasteiger partial charge in [-0.1, -0.05) is 24.3 Å². The van der Waals surface area contributed by atoms with E-state index in [1.807, 2.05) is 24.3 Å². The van der Waals surface area contributed by atoms with Gasteiger partial charge >= 0.3 is 6.03 Å². The Hall–Kier alpha value is -2.93. The number of hydrogen-bond donors (Lipinski definition) is 2. The number of hydrogen-bond acceptors (Lipinski definition) is 5. The van der Waals surface area contributed by atoms with Crippen molar-refractivity contribution in [2.45, 2.75) is 9.79 Å². The first-order valence-corrected chi connectivity index (χ1v) is 9.65. The quantitative estimate of drug-likeness (QED) is 0.632. The lowest BCUT2D eigenvalue weighted by Crippen LogP contribution is -2.19. The number of carbonyl (C=O) groups excluding carboxylic acids is 2. The molecule has 132 valence electrons. The first-order valence-electron chi connectivity index (χ1n) is 7.54. The zero-order chi connectivity index (χ0) is 18.4. The highest BCUT2D eigenvalue weighted by atomic mass is 32.2. The summed E-state index contributed by atoms with van der Waals surface area (Å²) in [6.45, 7) is 0. The van der Waals surface area contributed by atoms with Crippen LogP contribution in [0, 0.1) is 0 Å². The summed E-state index contributed by atoms with van der Waals surface area (Å²) in [5.41, 5.74) is 0.527. The standard InChI is InChI=1S/C18H15N3O3S2/c1-24-14-7-3-5-9-16(14)26(12-22)15-8-4-2-6-13(15)20-17(23)21-18-19-10-11-25-18/h2-11H,1H3,(H2,19,20,21,23). The summed E-state index contributed by atoms with van der Waals surface area (Å²) in [4.78, 5) is 29.4. The Balaban J connectivity index is 1.93. The Morgan fingerprint density at radius 1 is 1.12 bits per heavy atom. The molecule has 2 amide bonds. The molecule has 0 saturated heterocycles. The number of thiazole rings is 1. The molecule has 0 saturated carbocycles. The Bertz CT molecular complexity index is 967. The van der Waals surface area contributed by atoms with Crippen LogP contribution in [0.4, 0.5) is 15.6 Å². The van der Waals surface area contributed by atoms with E-state index in [1.165, 1.54) is 11.3 Å². The maximum absolute atomic E-state index is 12.2. The number of amides is 2. The van der Waals surface area contributed by atoms with Crippen molar-refractivity contribution in [2.24, 2.45) is 0 Å². The predicted molar refractivity (Wildman–Crippen MR) is 104 cm³/mol. The van der Waals surface area contributed by atoms with Gasteiger partial charge in [-0.05, 0) is 34.7 Å². The number of benzene rings is 2. The second kappa shape index (κ2) is 8.44. The zero-order valence-electron chi connectivity index (χ0n) is 13.8. The number of carbonyl (C=O) groups is 1. The van der Waals surface area contributed by atoms with Crippen LogP contribution < -0.4 is 15.4 Å². The first-order chi connectivity index (χ1) is 12.7. The van der Waals surface area contributed by atoms with Crippen molar-refractivity contribution < 1.29 is 14.3 Å². The molecule has 26 heavy (non-hydrogen) atoms. The predicted octanol–water partition coefficient (Wildman–Crippen LogP) is 4.55. The molecular formula is C18H15N3O3S2. The minimum absolute atomic E-state index is 0.429. The molecular weight excluding hydrogens is 370 g/mol. The maximum atomic E-state index is 12.2. The number of para-hydroxylation sites is 2. The number of nitrogens with one attached hydrogen (secondary N) is 2. The highest BCUT2D eigenvalue weighted by molar-refractivity contribution is 8.14. The second-order valence-corrected chi connectivity index (χ2v) is 7.51. The van der Waals surface area contributed by atoms with Crippen LogP contribution in [-0.4, -0.2) is 23.4 Å².